The van der Waals surface area contributed by atoms with Gasteiger partial charge in [0.15, 0.2) is 0 Å². The predicted octanol–water partition coefficient (Wildman–Crippen LogP) is 0.113. The second kappa shape index (κ2) is 3.87. The SMILES string of the molecule is CN(C(=O)C1CCCO1)C1CC(N)C1. The van der Waals surface area contributed by atoms with Gasteiger partial charge in [-0.05, 0) is 25.7 Å². The van der Waals surface area contributed by atoms with Crippen molar-refractivity contribution in [2.24, 2.45) is 5.73 Å². The highest BCUT2D eigenvalue weighted by atomic mass is 16.5. The van der Waals surface area contributed by atoms with E-state index in [0.717, 1.165) is 32.3 Å². The van der Waals surface area contributed by atoms with Crippen LogP contribution in [-0.2, 0) is 9.53 Å². The van der Waals surface area contributed by atoms with Crippen LogP contribution in [0, 0.1) is 0 Å². The van der Waals surface area contributed by atoms with Crippen LogP contribution in [-0.4, -0.2) is 42.6 Å². The van der Waals surface area contributed by atoms with E-state index in [4.69, 9.17) is 10.5 Å². The van der Waals surface area contributed by atoms with Crippen LogP contribution in [0.5, 0.6) is 0 Å². The first-order valence-corrected chi connectivity index (χ1v) is 5.32. The Hall–Kier alpha value is -0.610. The third-order valence-electron chi connectivity index (χ3n) is 3.25. The molecule has 1 heterocycles. The molecule has 1 aliphatic carbocycles. The lowest BCUT2D eigenvalue weighted by Gasteiger charge is -2.40. The highest BCUT2D eigenvalue weighted by Crippen LogP contribution is 2.25. The van der Waals surface area contributed by atoms with Crippen molar-refractivity contribution in [3.63, 3.8) is 0 Å². The van der Waals surface area contributed by atoms with E-state index in [2.05, 4.69) is 0 Å². The summed E-state index contributed by atoms with van der Waals surface area (Å²) >= 11 is 0. The molecule has 80 valence electrons. The Morgan fingerprint density at radius 2 is 2.21 bits per heavy atom. The lowest BCUT2D eigenvalue weighted by atomic mass is 9.86. The molecule has 1 saturated carbocycles. The molecule has 2 aliphatic rings. The molecular formula is C10H18N2O2. The van der Waals surface area contributed by atoms with Crippen molar-refractivity contribution in [2.75, 3.05) is 13.7 Å². The third kappa shape index (κ3) is 1.77. The summed E-state index contributed by atoms with van der Waals surface area (Å²) < 4.78 is 5.36. The summed E-state index contributed by atoms with van der Waals surface area (Å²) in [5, 5.41) is 0. The predicted molar refractivity (Wildman–Crippen MR) is 52.7 cm³/mol. The van der Waals surface area contributed by atoms with E-state index in [9.17, 15) is 4.79 Å². The van der Waals surface area contributed by atoms with E-state index >= 15 is 0 Å². The zero-order valence-electron chi connectivity index (χ0n) is 8.61. The largest absolute Gasteiger partial charge is 0.368 e. The number of rotatable bonds is 2. The van der Waals surface area contributed by atoms with E-state index in [-0.39, 0.29) is 12.0 Å². The number of nitrogens with zero attached hydrogens (tertiary/aromatic N) is 1. The van der Waals surface area contributed by atoms with Gasteiger partial charge < -0.3 is 15.4 Å². The summed E-state index contributed by atoms with van der Waals surface area (Å²) in [5.74, 6) is 0.138. The molecule has 0 aromatic rings. The Morgan fingerprint density at radius 1 is 1.50 bits per heavy atom. The maximum absolute atomic E-state index is 11.8. The van der Waals surface area contributed by atoms with E-state index in [0.29, 0.717) is 12.1 Å². The maximum Gasteiger partial charge on any atom is 0.251 e. The maximum atomic E-state index is 11.8. The van der Waals surface area contributed by atoms with Crippen LogP contribution in [0.25, 0.3) is 0 Å². The number of nitrogens with two attached hydrogens (primary N) is 1. The summed E-state index contributed by atoms with van der Waals surface area (Å²) in [6.07, 6.45) is 3.58. The minimum atomic E-state index is -0.183. The zero-order valence-corrected chi connectivity index (χ0v) is 8.61. The molecule has 0 aromatic heterocycles. The molecule has 1 aliphatic heterocycles. The second-order valence-corrected chi connectivity index (χ2v) is 4.34. The molecule has 1 atom stereocenters. The molecule has 0 bridgehead atoms. The van der Waals surface area contributed by atoms with E-state index in [1.165, 1.54) is 0 Å². The van der Waals surface area contributed by atoms with Crippen LogP contribution < -0.4 is 5.73 Å². The first-order chi connectivity index (χ1) is 6.68. The molecule has 1 amide bonds. The topological polar surface area (TPSA) is 55.6 Å². The summed E-state index contributed by atoms with van der Waals surface area (Å²) in [6.45, 7) is 0.731. The van der Waals surface area contributed by atoms with Crippen LogP contribution in [0.4, 0.5) is 0 Å². The molecule has 4 heteroatoms. The summed E-state index contributed by atoms with van der Waals surface area (Å²) in [6, 6.07) is 0.640. The van der Waals surface area contributed by atoms with Crippen LogP contribution in [0.15, 0.2) is 0 Å². The number of hydrogen-bond acceptors (Lipinski definition) is 3. The van der Waals surface area contributed by atoms with Crippen LogP contribution in [0.2, 0.25) is 0 Å². The van der Waals surface area contributed by atoms with Crippen LogP contribution >= 0.6 is 0 Å². The fraction of sp³-hybridized carbons (Fsp3) is 0.900. The number of amides is 1. The summed E-state index contributed by atoms with van der Waals surface area (Å²) in [7, 11) is 1.86. The smallest absolute Gasteiger partial charge is 0.251 e. The van der Waals surface area contributed by atoms with E-state index in [1.807, 2.05) is 11.9 Å². The van der Waals surface area contributed by atoms with Gasteiger partial charge in [-0.1, -0.05) is 0 Å². The molecule has 0 radical (unpaired) electrons. The number of carbonyl (C=O) groups excluding carboxylic acids is 1. The molecule has 2 fully saturated rings. The number of hydrogen-bond donors (Lipinski definition) is 1. The normalized spacial score (nSPS) is 36.6. The monoisotopic (exact) mass is 198 g/mol. The minimum Gasteiger partial charge on any atom is -0.368 e. The van der Waals surface area contributed by atoms with Crippen LogP contribution in [0.3, 0.4) is 0 Å². The van der Waals surface area contributed by atoms with E-state index in [1.54, 1.807) is 0 Å². The molecule has 2 rings (SSSR count). The quantitative estimate of drug-likeness (QED) is 0.685. The van der Waals surface area contributed by atoms with Crippen molar-refractivity contribution in [3.05, 3.63) is 0 Å². The van der Waals surface area contributed by atoms with Gasteiger partial charge in [0.05, 0.1) is 0 Å². The number of carbonyl (C=O) groups is 1. The van der Waals surface area contributed by atoms with Gasteiger partial charge in [0.2, 0.25) is 0 Å². The van der Waals surface area contributed by atoms with Crippen molar-refractivity contribution in [1.29, 1.82) is 0 Å². The molecule has 1 saturated heterocycles. The van der Waals surface area contributed by atoms with E-state index < -0.39 is 0 Å². The lowest BCUT2D eigenvalue weighted by molar-refractivity contribution is -0.143. The van der Waals surface area contributed by atoms with Gasteiger partial charge in [0.25, 0.3) is 5.91 Å². The molecule has 14 heavy (non-hydrogen) atoms. The Labute approximate surface area is 84.4 Å². The van der Waals surface area contributed by atoms with Crippen molar-refractivity contribution < 1.29 is 9.53 Å². The fourth-order valence-corrected chi connectivity index (χ4v) is 2.13. The summed E-state index contributed by atoms with van der Waals surface area (Å²) in [4.78, 5) is 13.7. The molecule has 1 unspecified atom stereocenters. The van der Waals surface area contributed by atoms with Crippen molar-refractivity contribution >= 4 is 5.91 Å². The molecule has 4 nitrogen and oxygen atoms in total. The van der Waals surface area contributed by atoms with Gasteiger partial charge in [-0.3, -0.25) is 4.79 Å². The summed E-state index contributed by atoms with van der Waals surface area (Å²) in [5.41, 5.74) is 5.69. The zero-order chi connectivity index (χ0) is 10.1. The fourth-order valence-electron chi connectivity index (χ4n) is 2.13. The molecule has 0 aromatic carbocycles. The molecule has 2 N–H and O–H groups in total. The Balaban J connectivity index is 1.84. The van der Waals surface area contributed by atoms with Gasteiger partial charge in [0.1, 0.15) is 6.10 Å². The Bertz CT molecular complexity index is 220. The highest BCUT2D eigenvalue weighted by Gasteiger charge is 2.35. The second-order valence-electron chi connectivity index (χ2n) is 4.34. The molecular weight excluding hydrogens is 180 g/mol. The third-order valence-corrected chi connectivity index (χ3v) is 3.25. The Morgan fingerprint density at radius 3 is 2.71 bits per heavy atom. The first-order valence-electron chi connectivity index (χ1n) is 5.32. The van der Waals surface area contributed by atoms with Gasteiger partial charge in [-0.15, -0.1) is 0 Å². The van der Waals surface area contributed by atoms with Gasteiger partial charge in [0, 0.05) is 25.7 Å². The van der Waals surface area contributed by atoms with Crippen LogP contribution in [0.1, 0.15) is 25.7 Å². The standard InChI is InChI=1S/C10H18N2O2/c1-12(8-5-7(11)6-8)10(13)9-3-2-4-14-9/h7-9H,2-6,11H2,1H3. The highest BCUT2D eigenvalue weighted by molar-refractivity contribution is 5.81. The first kappa shape index (κ1) is 9.93. The van der Waals surface area contributed by atoms with Gasteiger partial charge in [-0.25, -0.2) is 0 Å². The average Bonchev–Trinajstić information content (AvgIpc) is 2.63. The van der Waals surface area contributed by atoms with Crippen molar-refractivity contribution in [2.45, 2.75) is 43.9 Å². The van der Waals surface area contributed by atoms with Crippen molar-refractivity contribution in [1.82, 2.24) is 4.90 Å². The number of ether oxygens (including phenoxy) is 1. The Kier molecular flexibility index (Phi) is 2.74. The minimum absolute atomic E-state index is 0.138. The lowest BCUT2D eigenvalue weighted by Crippen LogP contribution is -2.53. The molecule has 0 spiro atoms. The average molecular weight is 198 g/mol. The van der Waals surface area contributed by atoms with Gasteiger partial charge >= 0.3 is 0 Å². The van der Waals surface area contributed by atoms with Gasteiger partial charge in [-0.2, -0.15) is 0 Å². The van der Waals surface area contributed by atoms with Crippen molar-refractivity contribution in [3.8, 4) is 0 Å². The number of likely N-dealkylation sites (N-methyl/N-ethyl adjacent to an activating group) is 1.